The van der Waals surface area contributed by atoms with E-state index < -0.39 is 47.5 Å². The van der Waals surface area contributed by atoms with Gasteiger partial charge >= 0.3 is 24.5 Å². The average molecular weight is 569 g/mol. The van der Waals surface area contributed by atoms with E-state index in [1.807, 2.05) is 0 Å². The molecule has 4 aliphatic carbocycles. The van der Waals surface area contributed by atoms with E-state index in [0.29, 0.717) is 0 Å². The number of alkyl halides is 9. The summed E-state index contributed by atoms with van der Waals surface area (Å²) in [5.41, 5.74) is -12.7. The molecule has 0 amide bonds. The Balaban J connectivity index is 0.000000235. The fourth-order valence-electron chi connectivity index (χ4n) is 7.91. The minimum Gasteiger partial charge on any atom is -0.455 e. The summed E-state index contributed by atoms with van der Waals surface area (Å²) in [6.07, 6.45) is -12.6. The third-order valence-electron chi connectivity index (χ3n) is 10.6. The molecule has 0 radical (unpaired) electrons. The van der Waals surface area contributed by atoms with Gasteiger partial charge in [0.05, 0.1) is 0 Å². The summed E-state index contributed by atoms with van der Waals surface area (Å²) in [7, 11) is 0. The zero-order valence-electron chi connectivity index (χ0n) is 22.3. The second kappa shape index (κ2) is 9.43. The standard InChI is InChI=1S/C14H22.C12H15F9O3/c1-7-8(2)12-6-11(7)13-9-3-4-10(5-9)14(12)13;1-5-8(4,10(13,14)15)6(22)24-7(2,3)9(23,11(16,17)18)12(19,20)21/h7-14H,3-6H2,1-2H3;23H,5H2,1-4H3. The van der Waals surface area contributed by atoms with Gasteiger partial charge in [0.1, 0.15) is 0 Å². The number of carbonyl (C=O) groups excluding carboxylic acids is 1. The number of fused-ring (bicyclic) bond motifs is 9. The minimum atomic E-state index is -6.37. The molecule has 4 fully saturated rings. The van der Waals surface area contributed by atoms with Gasteiger partial charge in [-0.2, -0.15) is 39.5 Å². The molecular weight excluding hydrogens is 531 g/mol. The highest BCUT2D eigenvalue weighted by molar-refractivity contribution is 5.78. The number of esters is 1. The van der Waals surface area contributed by atoms with Gasteiger partial charge < -0.3 is 9.84 Å². The molecule has 9 unspecified atom stereocenters. The first-order chi connectivity index (χ1) is 17.0. The van der Waals surface area contributed by atoms with Crippen LogP contribution in [0.1, 0.15) is 73.6 Å². The van der Waals surface area contributed by atoms with Gasteiger partial charge in [-0.15, -0.1) is 0 Å². The molecule has 4 bridgehead atoms. The molecule has 4 saturated carbocycles. The Hall–Kier alpha value is -1.20. The summed E-state index contributed by atoms with van der Waals surface area (Å²) in [5, 5.41) is 9.19. The number of hydrogen-bond acceptors (Lipinski definition) is 3. The molecule has 0 heterocycles. The van der Waals surface area contributed by atoms with Crippen LogP contribution in [-0.4, -0.2) is 40.8 Å². The SMILES string of the molecule is CC1C(C)C2CC1C1C3CCC(C3)C21.CCC(C)(C(=O)OC(C)(C)C(O)(C(F)(F)F)C(F)(F)F)C(F)(F)F. The zero-order valence-corrected chi connectivity index (χ0v) is 22.3. The fraction of sp³-hybridized carbons (Fsp3) is 0.962. The van der Waals surface area contributed by atoms with Crippen LogP contribution in [0.5, 0.6) is 0 Å². The maximum Gasteiger partial charge on any atom is 0.430 e. The van der Waals surface area contributed by atoms with E-state index in [9.17, 15) is 49.4 Å². The van der Waals surface area contributed by atoms with E-state index in [0.717, 1.165) is 30.6 Å². The number of aliphatic hydroxyl groups is 1. The Kier molecular flexibility index (Phi) is 7.78. The highest BCUT2D eigenvalue weighted by atomic mass is 19.4. The number of rotatable bonds is 4. The monoisotopic (exact) mass is 568 g/mol. The molecule has 222 valence electrons. The highest BCUT2D eigenvalue weighted by Crippen LogP contribution is 2.70. The fourth-order valence-corrected chi connectivity index (χ4v) is 7.91. The molecule has 4 aliphatic rings. The molecule has 0 aromatic rings. The van der Waals surface area contributed by atoms with Crippen LogP contribution in [0, 0.1) is 52.8 Å². The van der Waals surface area contributed by atoms with Crippen LogP contribution in [0.2, 0.25) is 0 Å². The Labute approximate surface area is 216 Å². The zero-order chi connectivity index (χ0) is 29.4. The van der Waals surface area contributed by atoms with Crippen LogP contribution in [0.3, 0.4) is 0 Å². The van der Waals surface area contributed by atoms with Crippen LogP contribution >= 0.6 is 0 Å². The Morgan fingerprint density at radius 3 is 1.47 bits per heavy atom. The summed E-state index contributed by atoms with van der Waals surface area (Å²) < 4.78 is 119. The lowest BCUT2D eigenvalue weighted by molar-refractivity contribution is -0.408. The average Bonchev–Trinajstić information content (AvgIpc) is 3.51. The van der Waals surface area contributed by atoms with Crippen molar-refractivity contribution in [2.45, 2.75) is 103 Å². The van der Waals surface area contributed by atoms with Crippen molar-refractivity contribution in [3.8, 4) is 0 Å². The van der Waals surface area contributed by atoms with E-state index in [1.54, 1.807) is 25.7 Å². The lowest BCUT2D eigenvalue weighted by Crippen LogP contribution is -2.70. The molecule has 3 nitrogen and oxygen atoms in total. The van der Waals surface area contributed by atoms with Crippen molar-refractivity contribution < 1.29 is 54.2 Å². The minimum absolute atomic E-state index is 0.0261. The Morgan fingerprint density at radius 1 is 0.763 bits per heavy atom. The molecule has 0 spiro atoms. The summed E-state index contributed by atoms with van der Waals surface area (Å²) in [5.74, 6) is 6.79. The van der Waals surface area contributed by atoms with Crippen LogP contribution in [0.4, 0.5) is 39.5 Å². The molecule has 1 N–H and O–H groups in total. The first-order valence-corrected chi connectivity index (χ1v) is 13.1. The Bertz CT molecular complexity index is 854. The quantitative estimate of drug-likeness (QED) is 0.215. The van der Waals surface area contributed by atoms with Gasteiger partial charge in [-0.25, -0.2) is 0 Å². The summed E-state index contributed by atoms with van der Waals surface area (Å²) >= 11 is 0. The van der Waals surface area contributed by atoms with Gasteiger partial charge in [0, 0.05) is 0 Å². The van der Waals surface area contributed by atoms with Crippen LogP contribution in [-0.2, 0) is 9.53 Å². The van der Waals surface area contributed by atoms with Crippen LogP contribution in [0.15, 0.2) is 0 Å². The molecular formula is C26H37F9O3. The van der Waals surface area contributed by atoms with Crippen molar-refractivity contribution in [3.63, 3.8) is 0 Å². The second-order valence-corrected chi connectivity index (χ2v) is 12.6. The third-order valence-corrected chi connectivity index (χ3v) is 10.6. The van der Waals surface area contributed by atoms with E-state index in [4.69, 9.17) is 0 Å². The summed E-state index contributed by atoms with van der Waals surface area (Å²) in [6, 6.07) is 0. The molecule has 12 heteroatoms. The first kappa shape index (κ1) is 31.3. The van der Waals surface area contributed by atoms with Gasteiger partial charge in [0.25, 0.3) is 5.60 Å². The molecule has 9 atom stereocenters. The van der Waals surface area contributed by atoms with Crippen LogP contribution < -0.4 is 0 Å². The Morgan fingerprint density at radius 2 is 1.16 bits per heavy atom. The van der Waals surface area contributed by atoms with Gasteiger partial charge in [-0.1, -0.05) is 20.8 Å². The lowest BCUT2D eigenvalue weighted by atomic mass is 9.64. The van der Waals surface area contributed by atoms with Crippen molar-refractivity contribution in [2.24, 2.45) is 52.8 Å². The number of carbonyl (C=O) groups is 1. The second-order valence-electron chi connectivity index (χ2n) is 12.6. The van der Waals surface area contributed by atoms with E-state index >= 15 is 0 Å². The lowest BCUT2D eigenvalue weighted by Gasteiger charge is -2.44. The van der Waals surface area contributed by atoms with Crippen molar-refractivity contribution in [3.05, 3.63) is 0 Å². The van der Waals surface area contributed by atoms with Crippen molar-refractivity contribution >= 4 is 5.97 Å². The van der Waals surface area contributed by atoms with E-state index in [1.165, 1.54) is 23.7 Å². The number of hydrogen-bond donors (Lipinski definition) is 1. The summed E-state index contributed by atoms with van der Waals surface area (Å²) in [6.45, 7) is 6.25. The van der Waals surface area contributed by atoms with Crippen molar-refractivity contribution in [2.75, 3.05) is 0 Å². The topological polar surface area (TPSA) is 46.5 Å². The third kappa shape index (κ3) is 4.52. The number of halogens is 9. The van der Waals surface area contributed by atoms with Crippen molar-refractivity contribution in [1.29, 1.82) is 0 Å². The predicted molar refractivity (Wildman–Crippen MR) is 119 cm³/mol. The molecule has 4 rings (SSSR count). The maximum absolute atomic E-state index is 12.9. The van der Waals surface area contributed by atoms with Gasteiger partial charge in [0.2, 0.25) is 0 Å². The smallest absolute Gasteiger partial charge is 0.430 e. The summed E-state index contributed by atoms with van der Waals surface area (Å²) in [4.78, 5) is 11.7. The predicted octanol–water partition coefficient (Wildman–Crippen LogP) is 7.71. The van der Waals surface area contributed by atoms with Gasteiger partial charge in [-0.05, 0) is 100 Å². The highest BCUT2D eigenvalue weighted by Gasteiger charge is 2.79. The normalized spacial score (nSPS) is 36.4. The largest absolute Gasteiger partial charge is 0.455 e. The molecule has 0 aromatic heterocycles. The first-order valence-electron chi connectivity index (χ1n) is 13.1. The molecule has 0 aliphatic heterocycles. The molecule has 38 heavy (non-hydrogen) atoms. The van der Waals surface area contributed by atoms with E-state index in [-0.39, 0.29) is 20.8 Å². The van der Waals surface area contributed by atoms with Crippen molar-refractivity contribution in [1.82, 2.24) is 0 Å². The van der Waals surface area contributed by atoms with Gasteiger partial charge in [-0.3, -0.25) is 4.79 Å². The van der Waals surface area contributed by atoms with Gasteiger partial charge in [0.15, 0.2) is 11.0 Å². The maximum atomic E-state index is 12.9. The van der Waals surface area contributed by atoms with E-state index in [2.05, 4.69) is 18.6 Å². The molecule has 0 saturated heterocycles. The molecule has 0 aromatic carbocycles. The number of ether oxygens (including phenoxy) is 1. The van der Waals surface area contributed by atoms with Crippen LogP contribution in [0.25, 0.3) is 0 Å².